The van der Waals surface area contributed by atoms with Gasteiger partial charge in [0.15, 0.2) is 0 Å². The van der Waals surface area contributed by atoms with Crippen LogP contribution in [0.25, 0.3) is 0 Å². The van der Waals surface area contributed by atoms with Crippen molar-refractivity contribution < 1.29 is 4.79 Å². The van der Waals surface area contributed by atoms with Crippen LogP contribution in [0.4, 0.5) is 5.82 Å². The summed E-state index contributed by atoms with van der Waals surface area (Å²) in [4.78, 5) is 52.7. The van der Waals surface area contributed by atoms with E-state index in [-0.39, 0.29) is 17.3 Å². The van der Waals surface area contributed by atoms with Crippen molar-refractivity contribution in [3.05, 3.63) is 55.1 Å². The highest BCUT2D eigenvalue weighted by Crippen LogP contribution is 2.21. The molecule has 1 amide bonds. The fourth-order valence-corrected chi connectivity index (χ4v) is 3.05. The number of anilines is 1. The van der Waals surface area contributed by atoms with Crippen LogP contribution in [0.15, 0.2) is 32.6 Å². The van der Waals surface area contributed by atoms with Gasteiger partial charge in [-0.1, -0.05) is 0 Å². The molecule has 0 radical (unpaired) electrons. The van der Waals surface area contributed by atoms with Crippen molar-refractivity contribution in [1.82, 2.24) is 25.1 Å². The molecule has 138 valence electrons. The molecular weight excluding hydrogens is 340 g/mol. The van der Waals surface area contributed by atoms with Gasteiger partial charge in [0.2, 0.25) is 0 Å². The third-order valence-corrected chi connectivity index (χ3v) is 4.37. The molecule has 1 unspecified atom stereocenters. The number of carbonyl (C=O) groups excluding carboxylic acids is 1. The van der Waals surface area contributed by atoms with E-state index in [4.69, 9.17) is 0 Å². The molecule has 2 aromatic rings. The molecule has 3 heterocycles. The van der Waals surface area contributed by atoms with Gasteiger partial charge >= 0.3 is 5.69 Å². The minimum atomic E-state index is -0.726. The van der Waals surface area contributed by atoms with Gasteiger partial charge in [0.05, 0.1) is 0 Å². The first-order chi connectivity index (χ1) is 12.4. The van der Waals surface area contributed by atoms with E-state index < -0.39 is 17.2 Å². The second-order valence-electron chi connectivity index (χ2n) is 6.21. The molecule has 0 bridgehead atoms. The second-order valence-corrected chi connectivity index (χ2v) is 6.21. The Bertz CT molecular complexity index is 947. The van der Waals surface area contributed by atoms with Crippen molar-refractivity contribution in [1.29, 1.82) is 0 Å². The fourth-order valence-electron chi connectivity index (χ4n) is 3.05. The van der Waals surface area contributed by atoms with E-state index in [2.05, 4.69) is 20.3 Å². The third-order valence-electron chi connectivity index (χ3n) is 4.37. The number of rotatable bonds is 4. The summed E-state index contributed by atoms with van der Waals surface area (Å²) in [6.45, 7) is 1.10. The number of nitrogens with one attached hydrogen (secondary N) is 3. The van der Waals surface area contributed by atoms with Gasteiger partial charge in [0.25, 0.3) is 17.0 Å². The van der Waals surface area contributed by atoms with Crippen molar-refractivity contribution in [2.45, 2.75) is 25.3 Å². The number of amides is 1. The van der Waals surface area contributed by atoms with Gasteiger partial charge in [-0.2, -0.15) is 5.10 Å². The number of aromatic amines is 2. The van der Waals surface area contributed by atoms with Crippen LogP contribution in [0, 0.1) is 0 Å². The van der Waals surface area contributed by atoms with Crippen molar-refractivity contribution in [3.8, 4) is 0 Å². The first kappa shape index (κ1) is 17.6. The Kier molecular flexibility index (Phi) is 5.01. The first-order valence-corrected chi connectivity index (χ1v) is 8.37. The second kappa shape index (κ2) is 7.38. The monoisotopic (exact) mass is 360 g/mol. The van der Waals surface area contributed by atoms with Crippen LogP contribution in [0.3, 0.4) is 0 Å². The third kappa shape index (κ3) is 3.90. The highest BCUT2D eigenvalue weighted by atomic mass is 16.2. The lowest BCUT2D eigenvalue weighted by molar-refractivity contribution is 0.0944. The molecular formula is C16H20N6O4. The van der Waals surface area contributed by atoms with Crippen molar-refractivity contribution in [2.75, 3.05) is 18.0 Å². The van der Waals surface area contributed by atoms with Crippen LogP contribution in [0.1, 0.15) is 29.8 Å². The van der Waals surface area contributed by atoms with E-state index >= 15 is 0 Å². The van der Waals surface area contributed by atoms with E-state index in [1.807, 2.05) is 4.98 Å². The highest BCUT2D eigenvalue weighted by molar-refractivity contribution is 5.92. The van der Waals surface area contributed by atoms with Crippen molar-refractivity contribution in [2.24, 2.45) is 7.05 Å². The highest BCUT2D eigenvalue weighted by Gasteiger charge is 2.24. The number of aromatic nitrogens is 4. The summed E-state index contributed by atoms with van der Waals surface area (Å²) in [6.07, 6.45) is 2.87. The van der Waals surface area contributed by atoms with Gasteiger partial charge in [0, 0.05) is 38.3 Å². The standard InChI is InChI=1S/C16H20N6O4/c1-21-14(24)6-5-12(20-21)22-7-3-2-4-10(22)9-17-15(25)11-8-13(23)19-16(26)18-11/h5-6,8,10H,2-4,7,9H2,1H3,(H,17,25)(H2,18,19,23,26). The zero-order chi connectivity index (χ0) is 18.7. The molecule has 1 atom stereocenters. The molecule has 0 aliphatic carbocycles. The Hall–Kier alpha value is -3.17. The van der Waals surface area contributed by atoms with Gasteiger partial charge in [-0.05, 0) is 25.3 Å². The lowest BCUT2D eigenvalue weighted by Gasteiger charge is -2.36. The molecule has 3 rings (SSSR count). The maximum absolute atomic E-state index is 12.2. The molecule has 2 aromatic heterocycles. The summed E-state index contributed by atoms with van der Waals surface area (Å²) in [7, 11) is 1.59. The molecule has 0 spiro atoms. The Morgan fingerprint density at radius 2 is 2.08 bits per heavy atom. The molecule has 1 fully saturated rings. The summed E-state index contributed by atoms with van der Waals surface area (Å²) in [5.74, 6) is 0.155. The predicted octanol–water partition coefficient (Wildman–Crippen LogP) is -1.05. The SMILES string of the molecule is Cn1nc(N2CCCCC2CNC(=O)c2cc(=O)[nH]c(=O)[nH]2)ccc1=O. The van der Waals surface area contributed by atoms with Crippen LogP contribution in [-0.2, 0) is 7.05 Å². The Morgan fingerprint density at radius 1 is 1.27 bits per heavy atom. The number of hydrogen-bond donors (Lipinski definition) is 3. The summed E-state index contributed by atoms with van der Waals surface area (Å²) < 4.78 is 1.28. The molecule has 0 aromatic carbocycles. The topological polar surface area (TPSA) is 133 Å². The first-order valence-electron chi connectivity index (χ1n) is 8.37. The lowest BCUT2D eigenvalue weighted by Crippen LogP contribution is -2.48. The summed E-state index contributed by atoms with van der Waals surface area (Å²) in [5, 5.41) is 7.03. The minimum absolute atomic E-state index is 0.00595. The maximum atomic E-state index is 12.2. The van der Waals surface area contributed by atoms with E-state index in [0.29, 0.717) is 12.4 Å². The van der Waals surface area contributed by atoms with Crippen LogP contribution >= 0.6 is 0 Å². The minimum Gasteiger partial charge on any atom is -0.350 e. The maximum Gasteiger partial charge on any atom is 0.326 e. The molecule has 0 saturated carbocycles. The molecule has 26 heavy (non-hydrogen) atoms. The van der Waals surface area contributed by atoms with Gasteiger partial charge in [-0.15, -0.1) is 0 Å². The van der Waals surface area contributed by atoms with Crippen LogP contribution in [0.2, 0.25) is 0 Å². The number of carbonyl (C=O) groups is 1. The van der Waals surface area contributed by atoms with Crippen LogP contribution < -0.4 is 27.0 Å². The largest absolute Gasteiger partial charge is 0.350 e. The van der Waals surface area contributed by atoms with E-state index in [1.54, 1.807) is 13.1 Å². The van der Waals surface area contributed by atoms with Gasteiger partial charge in [-0.3, -0.25) is 19.4 Å². The number of piperidine rings is 1. The number of hydrogen-bond acceptors (Lipinski definition) is 6. The Labute approximate surface area is 147 Å². The number of H-pyrrole nitrogens is 2. The van der Waals surface area contributed by atoms with Crippen molar-refractivity contribution in [3.63, 3.8) is 0 Å². The molecule has 10 nitrogen and oxygen atoms in total. The smallest absolute Gasteiger partial charge is 0.326 e. The van der Waals surface area contributed by atoms with E-state index in [1.165, 1.54) is 10.7 Å². The number of aryl methyl sites for hydroxylation is 1. The van der Waals surface area contributed by atoms with E-state index in [0.717, 1.165) is 31.9 Å². The molecule has 1 saturated heterocycles. The normalized spacial score (nSPS) is 17.1. The summed E-state index contributed by atoms with van der Waals surface area (Å²) in [6, 6.07) is 4.19. The Morgan fingerprint density at radius 3 is 2.81 bits per heavy atom. The zero-order valence-electron chi connectivity index (χ0n) is 14.3. The van der Waals surface area contributed by atoms with Crippen LogP contribution in [0.5, 0.6) is 0 Å². The average Bonchev–Trinajstić information content (AvgIpc) is 2.61. The summed E-state index contributed by atoms with van der Waals surface area (Å²) in [5.41, 5.74) is -1.63. The molecule has 10 heteroatoms. The van der Waals surface area contributed by atoms with E-state index in [9.17, 15) is 19.2 Å². The quantitative estimate of drug-likeness (QED) is 0.637. The Balaban J connectivity index is 1.73. The average molecular weight is 360 g/mol. The zero-order valence-corrected chi connectivity index (χ0v) is 14.3. The van der Waals surface area contributed by atoms with Gasteiger partial charge in [0.1, 0.15) is 11.5 Å². The lowest BCUT2D eigenvalue weighted by atomic mass is 10.0. The molecule has 1 aliphatic rings. The summed E-state index contributed by atoms with van der Waals surface area (Å²) >= 11 is 0. The van der Waals surface area contributed by atoms with Crippen LogP contribution in [-0.4, -0.2) is 44.8 Å². The number of nitrogens with zero attached hydrogens (tertiary/aromatic N) is 3. The van der Waals surface area contributed by atoms with Gasteiger partial charge in [-0.25, -0.2) is 9.48 Å². The molecule has 1 aliphatic heterocycles. The predicted molar refractivity (Wildman–Crippen MR) is 94.5 cm³/mol. The van der Waals surface area contributed by atoms with Crippen molar-refractivity contribution >= 4 is 11.7 Å². The van der Waals surface area contributed by atoms with Gasteiger partial charge < -0.3 is 15.2 Å². The molecule has 3 N–H and O–H groups in total. The fraction of sp³-hybridized carbons (Fsp3) is 0.438.